The average molecular weight is 405 g/mol. The molecule has 1 amide bonds. The third-order valence-corrected chi connectivity index (χ3v) is 7.38. The number of halogens is 1. The van der Waals surface area contributed by atoms with Gasteiger partial charge in [0.1, 0.15) is 5.82 Å². The lowest BCUT2D eigenvalue weighted by Crippen LogP contribution is -2.57. The summed E-state index contributed by atoms with van der Waals surface area (Å²) in [5, 5.41) is 0. The van der Waals surface area contributed by atoms with Crippen LogP contribution in [0.15, 0.2) is 48.7 Å². The van der Waals surface area contributed by atoms with Crippen LogP contribution >= 0.6 is 0 Å². The van der Waals surface area contributed by atoms with Crippen LogP contribution in [0.5, 0.6) is 0 Å². The molecule has 5 rings (SSSR count). The SMILES string of the molecule is O=C1CCC[C@@H]2C(/C=C/c3ccc(-c4cccc(F)c4)cn3)C3CCCCC3CN12. The molecule has 0 spiro atoms. The van der Waals surface area contributed by atoms with Gasteiger partial charge in [-0.15, -0.1) is 0 Å². The molecule has 3 heterocycles. The van der Waals surface area contributed by atoms with E-state index in [4.69, 9.17) is 0 Å². The van der Waals surface area contributed by atoms with Gasteiger partial charge in [0, 0.05) is 36.7 Å². The third-order valence-electron chi connectivity index (χ3n) is 7.38. The highest BCUT2D eigenvalue weighted by Gasteiger charge is 2.45. The average Bonchev–Trinajstić information content (AvgIpc) is 2.78. The Labute approximate surface area is 178 Å². The smallest absolute Gasteiger partial charge is 0.222 e. The molecule has 1 aliphatic carbocycles. The molecule has 3 fully saturated rings. The summed E-state index contributed by atoms with van der Waals surface area (Å²) in [6.45, 7) is 0.971. The van der Waals surface area contributed by atoms with Crippen LogP contribution in [0.3, 0.4) is 0 Å². The van der Waals surface area contributed by atoms with Crippen LogP contribution in [-0.2, 0) is 4.79 Å². The Bertz CT molecular complexity index is 938. The number of hydrogen-bond acceptors (Lipinski definition) is 2. The van der Waals surface area contributed by atoms with Gasteiger partial charge in [-0.2, -0.15) is 0 Å². The van der Waals surface area contributed by atoms with E-state index >= 15 is 0 Å². The van der Waals surface area contributed by atoms with Gasteiger partial charge in [-0.05, 0) is 67.4 Å². The van der Waals surface area contributed by atoms with E-state index < -0.39 is 0 Å². The van der Waals surface area contributed by atoms with E-state index in [-0.39, 0.29) is 5.82 Å². The van der Waals surface area contributed by atoms with Crippen molar-refractivity contribution in [1.29, 1.82) is 0 Å². The van der Waals surface area contributed by atoms with E-state index in [9.17, 15) is 9.18 Å². The van der Waals surface area contributed by atoms with E-state index in [0.717, 1.165) is 36.2 Å². The molecule has 2 aromatic rings. The molecule has 3 nitrogen and oxygen atoms in total. The third kappa shape index (κ3) is 3.80. The largest absolute Gasteiger partial charge is 0.339 e. The maximum Gasteiger partial charge on any atom is 0.222 e. The summed E-state index contributed by atoms with van der Waals surface area (Å²) in [6, 6.07) is 11.0. The number of piperidine rings is 2. The quantitative estimate of drug-likeness (QED) is 0.656. The van der Waals surface area contributed by atoms with Crippen molar-refractivity contribution in [3.8, 4) is 11.1 Å². The number of nitrogens with zero attached hydrogens (tertiary/aromatic N) is 2. The minimum atomic E-state index is -0.234. The Morgan fingerprint density at radius 3 is 2.77 bits per heavy atom. The summed E-state index contributed by atoms with van der Waals surface area (Å²) in [5.74, 6) is 1.88. The Morgan fingerprint density at radius 1 is 1.03 bits per heavy atom. The van der Waals surface area contributed by atoms with Crippen molar-refractivity contribution >= 4 is 12.0 Å². The highest BCUT2D eigenvalue weighted by molar-refractivity contribution is 5.77. The van der Waals surface area contributed by atoms with Crippen molar-refractivity contribution in [3.05, 3.63) is 60.2 Å². The van der Waals surface area contributed by atoms with E-state index in [0.29, 0.717) is 36.1 Å². The fourth-order valence-electron chi connectivity index (χ4n) is 5.92. The Balaban J connectivity index is 1.37. The molecule has 0 bridgehead atoms. The second-order valence-electron chi connectivity index (χ2n) is 9.13. The van der Waals surface area contributed by atoms with Crippen molar-refractivity contribution in [1.82, 2.24) is 9.88 Å². The van der Waals surface area contributed by atoms with Crippen molar-refractivity contribution in [2.24, 2.45) is 17.8 Å². The van der Waals surface area contributed by atoms with Crippen LogP contribution in [0.2, 0.25) is 0 Å². The molecule has 0 radical (unpaired) electrons. The van der Waals surface area contributed by atoms with Crippen molar-refractivity contribution in [2.75, 3.05) is 6.54 Å². The van der Waals surface area contributed by atoms with Crippen LogP contribution in [0, 0.1) is 23.6 Å². The Kier molecular flexibility index (Phi) is 5.41. The molecule has 4 heteroatoms. The minimum absolute atomic E-state index is 0.234. The van der Waals surface area contributed by atoms with Gasteiger partial charge in [-0.1, -0.05) is 37.1 Å². The van der Waals surface area contributed by atoms with Gasteiger partial charge >= 0.3 is 0 Å². The predicted octanol–water partition coefficient (Wildman–Crippen LogP) is 5.72. The minimum Gasteiger partial charge on any atom is -0.339 e. The van der Waals surface area contributed by atoms with Gasteiger partial charge in [0.25, 0.3) is 0 Å². The number of carbonyl (C=O) groups excluding carboxylic acids is 1. The maximum atomic E-state index is 13.5. The first-order valence-corrected chi connectivity index (χ1v) is 11.4. The molecule has 1 aromatic carbocycles. The van der Waals surface area contributed by atoms with E-state index in [2.05, 4.69) is 22.0 Å². The molecule has 30 heavy (non-hydrogen) atoms. The number of benzene rings is 1. The molecular weight excluding hydrogens is 375 g/mol. The number of hydrogen-bond donors (Lipinski definition) is 0. The lowest BCUT2D eigenvalue weighted by atomic mass is 9.65. The Morgan fingerprint density at radius 2 is 1.93 bits per heavy atom. The molecule has 0 N–H and O–H groups in total. The van der Waals surface area contributed by atoms with Crippen LogP contribution in [-0.4, -0.2) is 28.4 Å². The molecular formula is C26H29FN2O. The number of carbonyl (C=O) groups is 1. The second kappa shape index (κ2) is 8.33. The number of amides is 1. The first-order chi connectivity index (χ1) is 14.7. The summed E-state index contributed by atoms with van der Waals surface area (Å²) < 4.78 is 13.5. The van der Waals surface area contributed by atoms with Gasteiger partial charge < -0.3 is 4.90 Å². The van der Waals surface area contributed by atoms with Gasteiger partial charge in [0.05, 0.1) is 5.69 Å². The fourth-order valence-corrected chi connectivity index (χ4v) is 5.92. The zero-order valence-corrected chi connectivity index (χ0v) is 17.3. The Hall–Kier alpha value is -2.49. The topological polar surface area (TPSA) is 33.2 Å². The monoisotopic (exact) mass is 404 g/mol. The van der Waals surface area contributed by atoms with Gasteiger partial charge in [-0.3, -0.25) is 9.78 Å². The molecule has 4 atom stereocenters. The number of aromatic nitrogens is 1. The van der Waals surface area contributed by atoms with Crippen LogP contribution in [0.1, 0.15) is 50.6 Å². The van der Waals surface area contributed by atoms with Crippen LogP contribution in [0.4, 0.5) is 4.39 Å². The zero-order valence-electron chi connectivity index (χ0n) is 17.3. The van der Waals surface area contributed by atoms with Crippen molar-refractivity contribution in [2.45, 2.75) is 51.0 Å². The molecule has 156 valence electrons. The highest BCUT2D eigenvalue weighted by Crippen LogP contribution is 2.45. The van der Waals surface area contributed by atoms with E-state index in [1.807, 2.05) is 24.4 Å². The predicted molar refractivity (Wildman–Crippen MR) is 117 cm³/mol. The first-order valence-electron chi connectivity index (χ1n) is 11.4. The molecule has 1 aromatic heterocycles. The number of rotatable bonds is 3. The summed E-state index contributed by atoms with van der Waals surface area (Å²) in [4.78, 5) is 19.4. The van der Waals surface area contributed by atoms with Gasteiger partial charge in [0.2, 0.25) is 5.91 Å². The second-order valence-corrected chi connectivity index (χ2v) is 9.13. The molecule has 2 aliphatic heterocycles. The van der Waals surface area contributed by atoms with Crippen molar-refractivity contribution in [3.63, 3.8) is 0 Å². The molecule has 3 unspecified atom stereocenters. The van der Waals surface area contributed by atoms with Gasteiger partial charge in [-0.25, -0.2) is 4.39 Å². The highest BCUT2D eigenvalue weighted by atomic mass is 19.1. The van der Waals surface area contributed by atoms with E-state index in [1.54, 1.807) is 6.07 Å². The summed E-state index contributed by atoms with van der Waals surface area (Å²) in [7, 11) is 0. The van der Waals surface area contributed by atoms with Gasteiger partial charge in [0.15, 0.2) is 0 Å². The maximum absolute atomic E-state index is 13.5. The summed E-state index contributed by atoms with van der Waals surface area (Å²) in [6.07, 6.45) is 14.3. The number of fused-ring (bicyclic) bond motifs is 2. The summed E-state index contributed by atoms with van der Waals surface area (Å²) >= 11 is 0. The first kappa shape index (κ1) is 19.5. The van der Waals surface area contributed by atoms with Crippen molar-refractivity contribution < 1.29 is 9.18 Å². The number of pyridine rings is 1. The summed E-state index contributed by atoms with van der Waals surface area (Å²) in [5.41, 5.74) is 2.68. The standard InChI is InChI=1S/C26H29FN2O/c27-21-7-3-6-18(15-21)19-11-12-22(28-16-19)13-14-24-23-8-2-1-5-20(23)17-29-25(24)9-4-10-26(29)30/h3,6-7,11-16,20,23-25H,1-2,4-5,8-10,17H2/b14-13+/t20?,23?,24?,25-/m1/s1. The molecule has 3 aliphatic rings. The molecule has 1 saturated carbocycles. The lowest BCUT2D eigenvalue weighted by molar-refractivity contribution is -0.144. The van der Waals surface area contributed by atoms with Crippen LogP contribution < -0.4 is 0 Å². The lowest BCUT2D eigenvalue weighted by Gasteiger charge is -2.52. The molecule has 2 saturated heterocycles. The zero-order chi connectivity index (χ0) is 20.5. The van der Waals surface area contributed by atoms with Crippen LogP contribution in [0.25, 0.3) is 17.2 Å². The normalized spacial score (nSPS) is 29.0. The fraction of sp³-hybridized carbons (Fsp3) is 0.462. The van der Waals surface area contributed by atoms with E-state index in [1.165, 1.54) is 37.8 Å².